The minimum Gasteiger partial charge on any atom is -0.460 e. The van der Waals surface area contributed by atoms with E-state index in [1.165, 1.54) is 0 Å². The number of hydrogen-bond acceptors (Lipinski definition) is 7. The summed E-state index contributed by atoms with van der Waals surface area (Å²) in [5.74, 6) is -1.54. The lowest BCUT2D eigenvalue weighted by molar-refractivity contribution is -0.120. The van der Waals surface area contributed by atoms with Crippen molar-refractivity contribution in [3.8, 4) is 0 Å². The van der Waals surface area contributed by atoms with Gasteiger partial charge in [0.1, 0.15) is 6.54 Å². The first-order chi connectivity index (χ1) is 9.60. The first-order valence-corrected chi connectivity index (χ1v) is 6.13. The highest BCUT2D eigenvalue weighted by atomic mass is 16.5. The van der Waals surface area contributed by atoms with Crippen LogP contribution >= 0.6 is 0 Å². The molecule has 0 saturated heterocycles. The molecule has 0 spiro atoms. The second-order valence-electron chi connectivity index (χ2n) is 4.18. The molecule has 1 aliphatic rings. The number of hydrogen-bond donors (Lipinski definition) is 2. The molecule has 1 aromatic rings. The molecule has 3 amide bonds. The summed E-state index contributed by atoms with van der Waals surface area (Å²) in [6.45, 7) is 1.46. The zero-order valence-electron chi connectivity index (χ0n) is 10.8. The van der Waals surface area contributed by atoms with Crippen molar-refractivity contribution in [3.63, 3.8) is 0 Å². The summed E-state index contributed by atoms with van der Waals surface area (Å²) in [6, 6.07) is -0.422. The van der Waals surface area contributed by atoms with Crippen molar-refractivity contribution in [2.45, 2.75) is 32.4 Å². The van der Waals surface area contributed by atoms with Crippen molar-refractivity contribution in [2.24, 2.45) is 0 Å². The molecule has 1 fully saturated rings. The molecule has 1 aromatic heterocycles. The fourth-order valence-corrected chi connectivity index (χ4v) is 1.40. The van der Waals surface area contributed by atoms with Gasteiger partial charge in [0.15, 0.2) is 0 Å². The molecule has 0 aliphatic heterocycles. The maximum Gasteiger partial charge on any atom is 0.378 e. The summed E-state index contributed by atoms with van der Waals surface area (Å²) in [6.07, 6.45) is 1.84. The third kappa shape index (κ3) is 3.73. The van der Waals surface area contributed by atoms with Crippen molar-refractivity contribution in [1.82, 2.24) is 30.8 Å². The third-order valence-electron chi connectivity index (χ3n) is 2.45. The number of urea groups is 1. The van der Waals surface area contributed by atoms with Crippen LogP contribution in [-0.2, 0) is 16.1 Å². The summed E-state index contributed by atoms with van der Waals surface area (Å²) in [5, 5.41) is 15.0. The Morgan fingerprint density at radius 3 is 2.80 bits per heavy atom. The van der Waals surface area contributed by atoms with E-state index >= 15 is 0 Å². The summed E-state index contributed by atoms with van der Waals surface area (Å²) in [5.41, 5.74) is 0. The molecule has 1 aliphatic carbocycles. The number of amides is 3. The van der Waals surface area contributed by atoms with Crippen LogP contribution in [0.2, 0.25) is 0 Å². The second-order valence-corrected chi connectivity index (χ2v) is 4.18. The number of tetrazole rings is 1. The van der Waals surface area contributed by atoms with E-state index in [0.29, 0.717) is 0 Å². The Morgan fingerprint density at radius 1 is 1.40 bits per heavy atom. The number of carbonyl (C=O) groups is 3. The molecular formula is C10H14N6O4. The van der Waals surface area contributed by atoms with Crippen LogP contribution in [0.1, 0.15) is 30.4 Å². The van der Waals surface area contributed by atoms with Crippen LogP contribution in [0.15, 0.2) is 0 Å². The van der Waals surface area contributed by atoms with Crippen LogP contribution in [0.3, 0.4) is 0 Å². The zero-order chi connectivity index (χ0) is 14.5. The predicted octanol–water partition coefficient (Wildman–Crippen LogP) is -1.16. The molecule has 20 heavy (non-hydrogen) atoms. The Morgan fingerprint density at radius 2 is 2.15 bits per heavy atom. The van der Waals surface area contributed by atoms with Gasteiger partial charge in [-0.25, -0.2) is 14.3 Å². The molecule has 10 heteroatoms. The van der Waals surface area contributed by atoms with E-state index in [1.807, 2.05) is 0 Å². The number of nitrogens with zero attached hydrogens (tertiary/aromatic N) is 4. The molecule has 10 nitrogen and oxygen atoms in total. The number of aromatic nitrogens is 4. The lowest BCUT2D eigenvalue weighted by atomic mass is 10.5. The monoisotopic (exact) mass is 282 g/mol. The normalized spacial score (nSPS) is 13.7. The minimum absolute atomic E-state index is 0.144. The van der Waals surface area contributed by atoms with Crippen molar-refractivity contribution < 1.29 is 19.1 Å². The first-order valence-electron chi connectivity index (χ1n) is 6.13. The number of ether oxygens (including phenoxy) is 1. The van der Waals surface area contributed by atoms with Gasteiger partial charge in [-0.1, -0.05) is 0 Å². The molecule has 1 heterocycles. The Balaban J connectivity index is 1.88. The topological polar surface area (TPSA) is 128 Å². The summed E-state index contributed by atoms with van der Waals surface area (Å²) >= 11 is 0. The van der Waals surface area contributed by atoms with E-state index in [0.717, 1.165) is 17.5 Å². The van der Waals surface area contributed by atoms with E-state index in [-0.39, 0.29) is 25.0 Å². The van der Waals surface area contributed by atoms with Crippen molar-refractivity contribution in [3.05, 3.63) is 5.82 Å². The fourth-order valence-electron chi connectivity index (χ4n) is 1.40. The highest BCUT2D eigenvalue weighted by molar-refractivity contribution is 5.94. The van der Waals surface area contributed by atoms with E-state index in [2.05, 4.69) is 26.2 Å². The number of carbonyl (C=O) groups excluding carboxylic acids is 3. The second kappa shape index (κ2) is 6.08. The third-order valence-corrected chi connectivity index (χ3v) is 2.45. The quantitative estimate of drug-likeness (QED) is 0.651. The van der Waals surface area contributed by atoms with Gasteiger partial charge in [-0.15, -0.1) is 5.10 Å². The van der Waals surface area contributed by atoms with E-state index in [1.54, 1.807) is 6.92 Å². The molecule has 108 valence electrons. The Kier molecular flexibility index (Phi) is 4.23. The van der Waals surface area contributed by atoms with Crippen LogP contribution < -0.4 is 10.6 Å². The van der Waals surface area contributed by atoms with Gasteiger partial charge in [-0.3, -0.25) is 10.1 Å². The van der Waals surface area contributed by atoms with Crippen LogP contribution in [0.4, 0.5) is 4.79 Å². The number of nitrogens with one attached hydrogen (secondary N) is 2. The number of imide groups is 1. The van der Waals surface area contributed by atoms with Crippen molar-refractivity contribution in [2.75, 3.05) is 6.61 Å². The molecule has 2 N–H and O–H groups in total. The molecule has 0 bridgehead atoms. The fraction of sp³-hybridized carbons (Fsp3) is 0.600. The van der Waals surface area contributed by atoms with Crippen LogP contribution in [0.5, 0.6) is 0 Å². The van der Waals surface area contributed by atoms with Crippen LogP contribution in [0.25, 0.3) is 0 Å². The molecule has 0 atom stereocenters. The van der Waals surface area contributed by atoms with Gasteiger partial charge in [0.2, 0.25) is 5.91 Å². The number of rotatable bonds is 5. The van der Waals surface area contributed by atoms with E-state index in [4.69, 9.17) is 4.74 Å². The molecule has 2 rings (SSSR count). The highest BCUT2D eigenvalue weighted by Crippen LogP contribution is 2.18. The lowest BCUT2D eigenvalue weighted by Gasteiger charge is -2.06. The molecule has 0 radical (unpaired) electrons. The van der Waals surface area contributed by atoms with E-state index < -0.39 is 17.9 Å². The van der Waals surface area contributed by atoms with Crippen LogP contribution in [0, 0.1) is 0 Å². The van der Waals surface area contributed by atoms with Crippen molar-refractivity contribution >= 4 is 17.9 Å². The first kappa shape index (κ1) is 13.9. The van der Waals surface area contributed by atoms with Gasteiger partial charge in [-0.05, 0) is 30.2 Å². The van der Waals surface area contributed by atoms with Gasteiger partial charge in [-0.2, -0.15) is 0 Å². The van der Waals surface area contributed by atoms with Gasteiger partial charge < -0.3 is 10.1 Å². The standard InChI is InChI=1S/C10H14N6O4/c1-2-20-9(18)8-13-14-15-16(8)5-7(17)12-10(19)11-6-3-4-6/h6H,2-5H2,1H3,(H2,11,12,17,19). The van der Waals surface area contributed by atoms with Gasteiger partial charge in [0.05, 0.1) is 6.61 Å². The largest absolute Gasteiger partial charge is 0.460 e. The summed E-state index contributed by atoms with van der Waals surface area (Å²) in [7, 11) is 0. The highest BCUT2D eigenvalue weighted by Gasteiger charge is 2.24. The Hall–Kier alpha value is -2.52. The lowest BCUT2D eigenvalue weighted by Crippen LogP contribution is -2.42. The van der Waals surface area contributed by atoms with Gasteiger partial charge in [0.25, 0.3) is 5.82 Å². The van der Waals surface area contributed by atoms with E-state index in [9.17, 15) is 14.4 Å². The molecular weight excluding hydrogens is 268 g/mol. The van der Waals surface area contributed by atoms with Gasteiger partial charge in [0, 0.05) is 6.04 Å². The molecule has 1 saturated carbocycles. The Bertz CT molecular complexity index is 524. The minimum atomic E-state index is -0.729. The molecule has 0 unspecified atom stereocenters. The van der Waals surface area contributed by atoms with Gasteiger partial charge >= 0.3 is 12.0 Å². The summed E-state index contributed by atoms with van der Waals surface area (Å²) in [4.78, 5) is 34.5. The SMILES string of the molecule is CCOC(=O)c1nnnn1CC(=O)NC(=O)NC1CC1. The van der Waals surface area contributed by atoms with Crippen molar-refractivity contribution in [1.29, 1.82) is 0 Å². The maximum absolute atomic E-state index is 11.6. The number of esters is 1. The Labute approximate surface area is 113 Å². The summed E-state index contributed by atoms with van der Waals surface area (Å²) < 4.78 is 5.71. The average molecular weight is 282 g/mol. The zero-order valence-corrected chi connectivity index (χ0v) is 10.8. The molecule has 0 aromatic carbocycles. The predicted molar refractivity (Wildman–Crippen MR) is 63.5 cm³/mol. The van der Waals surface area contributed by atoms with Crippen LogP contribution in [-0.4, -0.2) is 50.8 Å². The maximum atomic E-state index is 11.6. The average Bonchev–Trinajstić information content (AvgIpc) is 3.05. The smallest absolute Gasteiger partial charge is 0.378 e.